The minimum absolute atomic E-state index is 0.195. The minimum Gasteiger partial charge on any atom is -0.366 e. The van der Waals surface area contributed by atoms with Crippen molar-refractivity contribution in [1.82, 2.24) is 15.5 Å². The van der Waals surface area contributed by atoms with Gasteiger partial charge in [0.25, 0.3) is 5.89 Å². The van der Waals surface area contributed by atoms with Crippen molar-refractivity contribution in [2.75, 3.05) is 19.7 Å². The molecule has 2 fully saturated rings. The van der Waals surface area contributed by atoms with E-state index in [2.05, 4.69) is 15.5 Å². The summed E-state index contributed by atoms with van der Waals surface area (Å²) in [6.07, 6.45) is 1.64. The molecule has 1 aromatic carbocycles. The molecule has 0 amide bonds. The SMILES string of the molecule is Cc1ccc(F)cc1C1(c2noc(C3CNCCO3)n2)CC1. The first-order chi connectivity index (χ1) is 10.7. The van der Waals surface area contributed by atoms with E-state index in [4.69, 9.17) is 9.26 Å². The Labute approximate surface area is 127 Å². The molecule has 0 spiro atoms. The monoisotopic (exact) mass is 303 g/mol. The number of halogens is 1. The van der Waals surface area contributed by atoms with Gasteiger partial charge in [0.15, 0.2) is 5.82 Å². The molecule has 5 nitrogen and oxygen atoms in total. The summed E-state index contributed by atoms with van der Waals surface area (Å²) in [4.78, 5) is 4.55. The normalized spacial score (nSPS) is 23.5. The van der Waals surface area contributed by atoms with Crippen LogP contribution in [-0.4, -0.2) is 29.8 Å². The predicted octanol–water partition coefficient (Wildman–Crippen LogP) is 2.26. The van der Waals surface area contributed by atoms with Gasteiger partial charge in [0.05, 0.1) is 12.0 Å². The first-order valence-corrected chi connectivity index (χ1v) is 7.62. The summed E-state index contributed by atoms with van der Waals surface area (Å²) in [7, 11) is 0. The van der Waals surface area contributed by atoms with Crippen molar-refractivity contribution in [3.63, 3.8) is 0 Å². The Morgan fingerprint density at radius 1 is 1.36 bits per heavy atom. The Morgan fingerprint density at radius 3 is 2.95 bits per heavy atom. The van der Waals surface area contributed by atoms with E-state index < -0.39 is 0 Å². The fourth-order valence-corrected chi connectivity index (χ4v) is 3.13. The number of aromatic nitrogens is 2. The summed E-state index contributed by atoms with van der Waals surface area (Å²) in [5.41, 5.74) is 1.72. The quantitative estimate of drug-likeness (QED) is 0.942. The fraction of sp³-hybridized carbons (Fsp3) is 0.500. The van der Waals surface area contributed by atoms with Crippen LogP contribution in [0.3, 0.4) is 0 Å². The molecule has 1 N–H and O–H groups in total. The number of ether oxygens (including phenoxy) is 1. The first-order valence-electron chi connectivity index (χ1n) is 7.62. The summed E-state index contributed by atoms with van der Waals surface area (Å²) in [5, 5.41) is 7.40. The molecule has 0 radical (unpaired) electrons. The van der Waals surface area contributed by atoms with Crippen LogP contribution in [0.4, 0.5) is 4.39 Å². The van der Waals surface area contributed by atoms with E-state index >= 15 is 0 Å². The maximum Gasteiger partial charge on any atom is 0.257 e. The Balaban J connectivity index is 1.66. The summed E-state index contributed by atoms with van der Waals surface area (Å²) in [6, 6.07) is 4.88. The number of hydrogen-bond acceptors (Lipinski definition) is 5. The summed E-state index contributed by atoms with van der Waals surface area (Å²) < 4.78 is 24.7. The molecule has 1 saturated carbocycles. The molecular formula is C16H18FN3O2. The van der Waals surface area contributed by atoms with Gasteiger partial charge in [0, 0.05) is 13.1 Å². The molecular weight excluding hydrogens is 285 g/mol. The molecule has 2 aromatic rings. The Morgan fingerprint density at radius 2 is 2.23 bits per heavy atom. The van der Waals surface area contributed by atoms with Crippen molar-refractivity contribution in [3.8, 4) is 0 Å². The summed E-state index contributed by atoms with van der Waals surface area (Å²) in [6.45, 7) is 4.14. The highest BCUT2D eigenvalue weighted by Gasteiger charge is 2.51. The summed E-state index contributed by atoms with van der Waals surface area (Å²) >= 11 is 0. The average Bonchev–Trinajstić information content (AvgIpc) is 3.20. The van der Waals surface area contributed by atoms with Gasteiger partial charge in [-0.05, 0) is 43.0 Å². The van der Waals surface area contributed by atoms with Crippen molar-refractivity contribution in [1.29, 1.82) is 0 Å². The molecule has 0 bridgehead atoms. The first kappa shape index (κ1) is 13.8. The molecule has 2 aliphatic rings. The molecule has 4 rings (SSSR count). The smallest absolute Gasteiger partial charge is 0.257 e. The van der Waals surface area contributed by atoms with E-state index in [9.17, 15) is 4.39 Å². The van der Waals surface area contributed by atoms with Gasteiger partial charge in [0.1, 0.15) is 11.9 Å². The molecule has 1 saturated heterocycles. The van der Waals surface area contributed by atoms with Gasteiger partial charge in [-0.25, -0.2) is 4.39 Å². The minimum atomic E-state index is -0.296. The highest BCUT2D eigenvalue weighted by atomic mass is 19.1. The van der Waals surface area contributed by atoms with Crippen molar-refractivity contribution in [3.05, 3.63) is 46.9 Å². The number of hydrogen-bond donors (Lipinski definition) is 1. The lowest BCUT2D eigenvalue weighted by Gasteiger charge is -2.20. The number of nitrogens with zero attached hydrogens (tertiary/aromatic N) is 2. The number of morpholine rings is 1. The lowest BCUT2D eigenvalue weighted by Crippen LogP contribution is -2.33. The van der Waals surface area contributed by atoms with Crippen molar-refractivity contribution in [2.45, 2.75) is 31.3 Å². The Bertz CT molecular complexity index is 690. The summed E-state index contributed by atoms with van der Waals surface area (Å²) in [5.74, 6) is 0.920. The maximum atomic E-state index is 13.6. The molecule has 2 heterocycles. The van der Waals surface area contributed by atoms with Crippen molar-refractivity contribution in [2.24, 2.45) is 0 Å². The van der Waals surface area contributed by atoms with Gasteiger partial charge in [0.2, 0.25) is 0 Å². The van der Waals surface area contributed by atoms with Crippen LogP contribution in [-0.2, 0) is 10.2 Å². The molecule has 1 atom stereocenters. The lowest BCUT2D eigenvalue weighted by atomic mass is 9.91. The zero-order valence-electron chi connectivity index (χ0n) is 12.4. The Kier molecular flexibility index (Phi) is 3.23. The number of rotatable bonds is 3. The van der Waals surface area contributed by atoms with Gasteiger partial charge in [-0.3, -0.25) is 0 Å². The predicted molar refractivity (Wildman–Crippen MR) is 77.0 cm³/mol. The van der Waals surface area contributed by atoms with Crippen LogP contribution >= 0.6 is 0 Å². The highest BCUT2D eigenvalue weighted by molar-refractivity contribution is 5.44. The largest absolute Gasteiger partial charge is 0.366 e. The number of nitrogens with one attached hydrogen (secondary N) is 1. The zero-order chi connectivity index (χ0) is 15.2. The van der Waals surface area contributed by atoms with Crippen LogP contribution in [0.15, 0.2) is 22.7 Å². The molecule has 22 heavy (non-hydrogen) atoms. The van der Waals surface area contributed by atoms with E-state index in [0.717, 1.165) is 30.5 Å². The van der Waals surface area contributed by atoms with Gasteiger partial charge < -0.3 is 14.6 Å². The zero-order valence-corrected chi connectivity index (χ0v) is 12.4. The highest BCUT2D eigenvalue weighted by Crippen LogP contribution is 2.53. The molecule has 1 aliphatic heterocycles. The van der Waals surface area contributed by atoms with E-state index in [0.29, 0.717) is 24.9 Å². The molecule has 1 unspecified atom stereocenters. The third kappa shape index (κ3) is 2.23. The van der Waals surface area contributed by atoms with E-state index in [1.54, 1.807) is 12.1 Å². The number of aryl methyl sites for hydroxylation is 1. The molecule has 116 valence electrons. The van der Waals surface area contributed by atoms with Crippen molar-refractivity contribution >= 4 is 0 Å². The third-order valence-corrected chi connectivity index (χ3v) is 4.54. The maximum absolute atomic E-state index is 13.6. The van der Waals surface area contributed by atoms with Crippen molar-refractivity contribution < 1.29 is 13.7 Å². The van der Waals surface area contributed by atoms with Gasteiger partial charge in [-0.1, -0.05) is 11.2 Å². The molecule has 1 aromatic heterocycles. The number of benzene rings is 1. The molecule has 1 aliphatic carbocycles. The molecule has 6 heteroatoms. The van der Waals surface area contributed by atoms with Gasteiger partial charge >= 0.3 is 0 Å². The topological polar surface area (TPSA) is 60.2 Å². The van der Waals surface area contributed by atoms with Crippen LogP contribution in [0.5, 0.6) is 0 Å². The Hall–Kier alpha value is -1.79. The lowest BCUT2D eigenvalue weighted by molar-refractivity contribution is 0.00755. The van der Waals surface area contributed by atoms with E-state index in [1.807, 2.05) is 6.92 Å². The average molecular weight is 303 g/mol. The fourth-order valence-electron chi connectivity index (χ4n) is 3.13. The van der Waals surface area contributed by atoms with E-state index in [-0.39, 0.29) is 17.3 Å². The second-order valence-corrected chi connectivity index (χ2v) is 6.06. The third-order valence-electron chi connectivity index (χ3n) is 4.54. The van der Waals surface area contributed by atoms with Crippen LogP contribution < -0.4 is 5.32 Å². The van der Waals surface area contributed by atoms with E-state index in [1.165, 1.54) is 6.07 Å². The second-order valence-electron chi connectivity index (χ2n) is 6.06. The van der Waals surface area contributed by atoms with Gasteiger partial charge in [-0.2, -0.15) is 4.98 Å². The van der Waals surface area contributed by atoms with Crippen LogP contribution in [0, 0.1) is 12.7 Å². The second kappa shape index (κ2) is 5.14. The van der Waals surface area contributed by atoms with Crippen LogP contribution in [0.2, 0.25) is 0 Å². The van der Waals surface area contributed by atoms with Gasteiger partial charge in [-0.15, -0.1) is 0 Å². The van der Waals surface area contributed by atoms with Crippen LogP contribution in [0.25, 0.3) is 0 Å². The standard InChI is InChI=1S/C16H18FN3O2/c1-10-2-3-11(17)8-12(10)16(4-5-16)15-19-14(22-20-15)13-9-18-6-7-21-13/h2-3,8,13,18H,4-7,9H2,1H3. The van der Waals surface area contributed by atoms with Crippen LogP contribution in [0.1, 0.15) is 41.8 Å².